The Morgan fingerprint density at radius 1 is 1.19 bits per heavy atom. The van der Waals surface area contributed by atoms with Crippen LogP contribution in [0.5, 0.6) is 0 Å². The van der Waals surface area contributed by atoms with Crippen LogP contribution in [-0.2, 0) is 16.1 Å². The van der Waals surface area contributed by atoms with Gasteiger partial charge in [0.1, 0.15) is 5.58 Å². The van der Waals surface area contributed by atoms with E-state index in [9.17, 15) is 4.79 Å². The lowest BCUT2D eigenvalue weighted by Gasteiger charge is -2.05. The Bertz CT molecular complexity index is 587. The summed E-state index contributed by atoms with van der Waals surface area (Å²) in [5.74, 6) is -1.11. The van der Waals surface area contributed by atoms with Crippen molar-refractivity contribution >= 4 is 16.9 Å². The van der Waals surface area contributed by atoms with Crippen LogP contribution in [0, 0.1) is 0 Å². The van der Waals surface area contributed by atoms with E-state index < -0.39 is 5.97 Å². The van der Waals surface area contributed by atoms with Crippen molar-refractivity contribution in [3.05, 3.63) is 35.6 Å². The molecule has 0 bridgehead atoms. The molecule has 2 aromatic rings. The number of benzene rings is 1. The van der Waals surface area contributed by atoms with Crippen molar-refractivity contribution in [2.45, 2.75) is 26.4 Å². The van der Waals surface area contributed by atoms with Gasteiger partial charge >= 0.3 is 5.97 Å². The number of rotatable bonds is 9. The van der Waals surface area contributed by atoms with Crippen LogP contribution in [0.1, 0.15) is 35.9 Å². The Kier molecular flexibility index (Phi) is 5.78. The van der Waals surface area contributed by atoms with Crippen molar-refractivity contribution in [3.8, 4) is 0 Å². The van der Waals surface area contributed by atoms with Crippen molar-refractivity contribution in [1.29, 1.82) is 0 Å². The molecule has 0 amide bonds. The Hall–Kier alpha value is -1.85. The zero-order chi connectivity index (χ0) is 15.1. The maximum absolute atomic E-state index is 10.8. The average Bonchev–Trinajstić information content (AvgIpc) is 2.90. The number of carboxylic acids is 1. The molecule has 0 fully saturated rings. The fourth-order valence-electron chi connectivity index (χ4n) is 1.94. The topological polar surface area (TPSA) is 68.9 Å². The monoisotopic (exact) mass is 292 g/mol. The summed E-state index contributed by atoms with van der Waals surface area (Å²) in [4.78, 5) is 10.8. The Balaban J connectivity index is 1.81. The third-order valence-corrected chi connectivity index (χ3v) is 3.07. The maximum Gasteiger partial charge on any atom is 0.371 e. The molecule has 0 spiro atoms. The first-order valence-corrected chi connectivity index (χ1v) is 7.12. The highest BCUT2D eigenvalue weighted by Crippen LogP contribution is 2.21. The number of carbonyl (C=O) groups is 1. The number of fused-ring (bicyclic) bond motifs is 1. The van der Waals surface area contributed by atoms with Gasteiger partial charge in [0, 0.05) is 12.0 Å². The number of carboxylic acid groups (broad SMARTS) is 1. The van der Waals surface area contributed by atoms with Gasteiger partial charge in [-0.2, -0.15) is 0 Å². The van der Waals surface area contributed by atoms with Gasteiger partial charge < -0.3 is 19.0 Å². The lowest BCUT2D eigenvalue weighted by Crippen LogP contribution is -2.05. The molecule has 0 saturated carbocycles. The predicted octanol–water partition coefficient (Wildman–Crippen LogP) is 3.46. The van der Waals surface area contributed by atoms with Crippen LogP contribution in [0.4, 0.5) is 0 Å². The molecule has 0 atom stereocenters. The SMILES string of the molecule is CCCCOCCOCc1ccc2oc(C(=O)O)cc2c1. The third kappa shape index (κ3) is 4.58. The van der Waals surface area contributed by atoms with Crippen LogP contribution in [0.2, 0.25) is 0 Å². The van der Waals surface area contributed by atoms with Crippen LogP contribution < -0.4 is 0 Å². The summed E-state index contributed by atoms with van der Waals surface area (Å²) in [5.41, 5.74) is 1.55. The molecule has 5 heteroatoms. The molecule has 21 heavy (non-hydrogen) atoms. The smallest absolute Gasteiger partial charge is 0.371 e. The summed E-state index contributed by atoms with van der Waals surface area (Å²) in [6.07, 6.45) is 2.20. The van der Waals surface area contributed by atoms with E-state index >= 15 is 0 Å². The van der Waals surface area contributed by atoms with Crippen molar-refractivity contribution in [3.63, 3.8) is 0 Å². The van der Waals surface area contributed by atoms with E-state index in [4.69, 9.17) is 19.0 Å². The van der Waals surface area contributed by atoms with Crippen molar-refractivity contribution < 1.29 is 23.8 Å². The standard InChI is InChI=1S/C16H20O5/c1-2-3-6-19-7-8-20-11-12-4-5-14-13(9-12)10-15(21-14)16(17)18/h4-5,9-10H,2-3,6-8,11H2,1H3,(H,17,18). The second-order valence-corrected chi connectivity index (χ2v) is 4.81. The van der Waals surface area contributed by atoms with Gasteiger partial charge in [0.05, 0.1) is 19.8 Å². The average molecular weight is 292 g/mol. The van der Waals surface area contributed by atoms with E-state index in [1.165, 1.54) is 6.07 Å². The minimum Gasteiger partial charge on any atom is -0.475 e. The van der Waals surface area contributed by atoms with Crippen LogP contribution in [0.15, 0.2) is 28.7 Å². The zero-order valence-electron chi connectivity index (χ0n) is 12.1. The van der Waals surface area contributed by atoms with E-state index in [2.05, 4.69) is 6.92 Å². The molecule has 0 aliphatic carbocycles. The molecule has 1 aromatic carbocycles. The normalized spacial score (nSPS) is 11.1. The second-order valence-electron chi connectivity index (χ2n) is 4.81. The fraction of sp³-hybridized carbons (Fsp3) is 0.438. The van der Waals surface area contributed by atoms with Crippen LogP contribution >= 0.6 is 0 Å². The first-order chi connectivity index (χ1) is 10.2. The van der Waals surface area contributed by atoms with Gasteiger partial charge in [-0.05, 0) is 30.2 Å². The summed E-state index contributed by atoms with van der Waals surface area (Å²) in [6, 6.07) is 7.03. The van der Waals surface area contributed by atoms with Crippen LogP contribution in [0.3, 0.4) is 0 Å². The minimum absolute atomic E-state index is 0.0487. The molecule has 1 N–H and O–H groups in total. The van der Waals surface area contributed by atoms with E-state index in [0.717, 1.165) is 30.4 Å². The Morgan fingerprint density at radius 2 is 2.00 bits per heavy atom. The number of hydrogen-bond acceptors (Lipinski definition) is 4. The highest BCUT2D eigenvalue weighted by Gasteiger charge is 2.10. The molecule has 0 radical (unpaired) electrons. The summed E-state index contributed by atoms with van der Waals surface area (Å²) < 4.78 is 16.1. The van der Waals surface area contributed by atoms with Gasteiger partial charge in [-0.25, -0.2) is 4.79 Å². The molecule has 114 valence electrons. The van der Waals surface area contributed by atoms with Crippen molar-refractivity contribution in [1.82, 2.24) is 0 Å². The van der Waals surface area contributed by atoms with Crippen LogP contribution in [0.25, 0.3) is 11.0 Å². The fourth-order valence-corrected chi connectivity index (χ4v) is 1.94. The predicted molar refractivity (Wildman–Crippen MR) is 78.6 cm³/mol. The number of hydrogen-bond donors (Lipinski definition) is 1. The second kappa shape index (κ2) is 7.81. The molecule has 1 heterocycles. The van der Waals surface area contributed by atoms with E-state index in [0.29, 0.717) is 25.4 Å². The molecule has 0 unspecified atom stereocenters. The van der Waals surface area contributed by atoms with Crippen LogP contribution in [-0.4, -0.2) is 30.9 Å². The molecular weight excluding hydrogens is 272 g/mol. The molecular formula is C16H20O5. The lowest BCUT2D eigenvalue weighted by atomic mass is 10.2. The molecule has 1 aromatic heterocycles. The number of ether oxygens (including phenoxy) is 2. The van der Waals surface area contributed by atoms with E-state index in [1.54, 1.807) is 6.07 Å². The molecule has 0 saturated heterocycles. The largest absolute Gasteiger partial charge is 0.475 e. The summed E-state index contributed by atoms with van der Waals surface area (Å²) in [7, 11) is 0. The van der Waals surface area contributed by atoms with E-state index in [-0.39, 0.29) is 5.76 Å². The summed E-state index contributed by atoms with van der Waals surface area (Å²) in [5, 5.41) is 9.66. The quantitative estimate of drug-likeness (QED) is 0.717. The van der Waals surface area contributed by atoms with Gasteiger partial charge in [0.25, 0.3) is 0 Å². The molecule has 0 aliphatic rings. The third-order valence-electron chi connectivity index (χ3n) is 3.07. The molecule has 2 rings (SSSR count). The lowest BCUT2D eigenvalue weighted by molar-refractivity contribution is 0.0397. The highest BCUT2D eigenvalue weighted by molar-refractivity contribution is 5.91. The summed E-state index contributed by atoms with van der Waals surface area (Å²) in [6.45, 7) is 4.52. The first-order valence-electron chi connectivity index (χ1n) is 7.12. The van der Waals surface area contributed by atoms with Gasteiger partial charge in [0.15, 0.2) is 0 Å². The van der Waals surface area contributed by atoms with Gasteiger partial charge in [-0.15, -0.1) is 0 Å². The number of unbranched alkanes of at least 4 members (excludes halogenated alkanes) is 1. The zero-order valence-corrected chi connectivity index (χ0v) is 12.1. The Labute approximate surface area is 123 Å². The highest BCUT2D eigenvalue weighted by atomic mass is 16.5. The van der Waals surface area contributed by atoms with Crippen molar-refractivity contribution in [2.75, 3.05) is 19.8 Å². The van der Waals surface area contributed by atoms with Gasteiger partial charge in [-0.3, -0.25) is 0 Å². The summed E-state index contributed by atoms with van der Waals surface area (Å²) >= 11 is 0. The first kappa shape index (κ1) is 15.5. The van der Waals surface area contributed by atoms with Gasteiger partial charge in [0.2, 0.25) is 5.76 Å². The van der Waals surface area contributed by atoms with E-state index in [1.807, 2.05) is 12.1 Å². The number of furan rings is 1. The maximum atomic E-state index is 10.8. The molecule has 0 aliphatic heterocycles. The molecule has 5 nitrogen and oxygen atoms in total. The Morgan fingerprint density at radius 3 is 2.76 bits per heavy atom. The minimum atomic E-state index is -1.06. The van der Waals surface area contributed by atoms with Gasteiger partial charge in [-0.1, -0.05) is 19.4 Å². The van der Waals surface area contributed by atoms with Crippen molar-refractivity contribution in [2.24, 2.45) is 0 Å². The number of aromatic carboxylic acids is 1.